The number of benzene rings is 2. The number of hydrogen-bond donors (Lipinski definition) is 1. The van der Waals surface area contributed by atoms with Gasteiger partial charge < -0.3 is 9.84 Å². The highest BCUT2D eigenvalue weighted by atomic mass is 32.2. The minimum atomic E-state index is -1.41. The van der Waals surface area contributed by atoms with Crippen molar-refractivity contribution in [1.82, 2.24) is 0 Å². The molecule has 2 aromatic rings. The van der Waals surface area contributed by atoms with E-state index >= 15 is 0 Å². The quantitative estimate of drug-likeness (QED) is 0.925. The molecule has 0 amide bonds. The Morgan fingerprint density at radius 2 is 1.78 bits per heavy atom. The van der Waals surface area contributed by atoms with Crippen LogP contribution in [0.5, 0.6) is 11.5 Å². The molecule has 0 saturated heterocycles. The van der Waals surface area contributed by atoms with Crippen molar-refractivity contribution in [2.24, 2.45) is 0 Å². The van der Waals surface area contributed by atoms with E-state index in [2.05, 4.69) is 0 Å². The van der Waals surface area contributed by atoms with E-state index in [1.165, 1.54) is 13.2 Å². The van der Waals surface area contributed by atoms with Crippen LogP contribution in [0.15, 0.2) is 52.3 Å². The lowest BCUT2D eigenvalue weighted by atomic mass is 10.2. The molecule has 0 saturated carbocycles. The maximum Gasteiger partial charge on any atom is 0.132 e. The maximum atomic E-state index is 12.3. The van der Waals surface area contributed by atoms with Gasteiger partial charge in [0, 0.05) is 11.0 Å². The molecule has 4 heteroatoms. The van der Waals surface area contributed by atoms with E-state index in [-0.39, 0.29) is 5.75 Å². The first kappa shape index (κ1) is 12.6. The van der Waals surface area contributed by atoms with Gasteiger partial charge in [-0.3, -0.25) is 0 Å². The molecule has 1 N–H and O–H groups in total. The van der Waals surface area contributed by atoms with E-state index in [0.717, 1.165) is 5.56 Å². The van der Waals surface area contributed by atoms with Crippen LogP contribution >= 0.6 is 0 Å². The van der Waals surface area contributed by atoms with Gasteiger partial charge in [-0.15, -0.1) is 0 Å². The summed E-state index contributed by atoms with van der Waals surface area (Å²) in [6, 6.07) is 12.1. The molecule has 2 rings (SSSR count). The van der Waals surface area contributed by atoms with Crippen LogP contribution in [0.1, 0.15) is 5.56 Å². The van der Waals surface area contributed by atoms with Gasteiger partial charge in [0.05, 0.1) is 22.8 Å². The lowest BCUT2D eigenvalue weighted by molar-refractivity contribution is 0.408. The van der Waals surface area contributed by atoms with Gasteiger partial charge in [0.1, 0.15) is 11.5 Å². The minimum absolute atomic E-state index is 0.00899. The molecule has 0 bridgehead atoms. The third kappa shape index (κ3) is 2.54. The summed E-state index contributed by atoms with van der Waals surface area (Å²) in [6.45, 7) is 1.97. The van der Waals surface area contributed by atoms with Gasteiger partial charge in [0.25, 0.3) is 0 Å². The third-order valence-corrected chi connectivity index (χ3v) is 4.03. The van der Waals surface area contributed by atoms with Crippen molar-refractivity contribution in [3.8, 4) is 11.5 Å². The SMILES string of the molecule is COc1ccc(O)c(S(=O)c2ccc(C)cc2)c1. The van der Waals surface area contributed by atoms with Gasteiger partial charge in [-0.25, -0.2) is 4.21 Å². The predicted octanol–water partition coefficient (Wildman–Crippen LogP) is 2.88. The lowest BCUT2D eigenvalue weighted by Gasteiger charge is -2.07. The van der Waals surface area contributed by atoms with Crippen LogP contribution < -0.4 is 4.74 Å². The first-order chi connectivity index (χ1) is 8.61. The summed E-state index contributed by atoms with van der Waals surface area (Å²) >= 11 is 0. The molecule has 18 heavy (non-hydrogen) atoms. The second-order valence-electron chi connectivity index (χ2n) is 3.92. The third-order valence-electron chi connectivity index (χ3n) is 2.60. The van der Waals surface area contributed by atoms with Gasteiger partial charge in [0.2, 0.25) is 0 Å². The Hall–Kier alpha value is -1.81. The Kier molecular flexibility index (Phi) is 3.67. The predicted molar refractivity (Wildman–Crippen MR) is 70.5 cm³/mol. The highest BCUT2D eigenvalue weighted by molar-refractivity contribution is 7.85. The van der Waals surface area contributed by atoms with E-state index in [0.29, 0.717) is 15.5 Å². The van der Waals surface area contributed by atoms with Crippen molar-refractivity contribution in [1.29, 1.82) is 0 Å². The van der Waals surface area contributed by atoms with Gasteiger partial charge in [-0.05, 0) is 31.2 Å². The van der Waals surface area contributed by atoms with Crippen molar-refractivity contribution in [3.63, 3.8) is 0 Å². The van der Waals surface area contributed by atoms with E-state index in [9.17, 15) is 9.32 Å². The average molecular weight is 262 g/mol. The Labute approximate surface area is 109 Å². The van der Waals surface area contributed by atoms with Crippen LogP contribution in [0.3, 0.4) is 0 Å². The molecule has 0 aromatic heterocycles. The molecule has 3 nitrogen and oxygen atoms in total. The number of ether oxygens (including phenoxy) is 1. The second kappa shape index (κ2) is 5.23. The Morgan fingerprint density at radius 1 is 1.11 bits per heavy atom. The summed E-state index contributed by atoms with van der Waals surface area (Å²) in [5, 5.41) is 9.77. The number of methoxy groups -OCH3 is 1. The fourth-order valence-corrected chi connectivity index (χ4v) is 2.68. The van der Waals surface area contributed by atoms with E-state index in [1.54, 1.807) is 24.3 Å². The largest absolute Gasteiger partial charge is 0.507 e. The highest BCUT2D eigenvalue weighted by Crippen LogP contribution is 2.29. The number of hydrogen-bond acceptors (Lipinski definition) is 3. The van der Waals surface area contributed by atoms with Gasteiger partial charge in [-0.1, -0.05) is 17.7 Å². The molecular weight excluding hydrogens is 248 g/mol. The summed E-state index contributed by atoms with van der Waals surface area (Å²) in [6.07, 6.45) is 0. The molecule has 0 aliphatic rings. The standard InChI is InChI=1S/C14H14O3S/c1-10-3-6-12(7-4-10)18(16)14-9-11(17-2)5-8-13(14)15/h3-9,15H,1-2H3. The molecule has 0 fully saturated rings. The smallest absolute Gasteiger partial charge is 0.132 e. The highest BCUT2D eigenvalue weighted by Gasteiger charge is 2.12. The summed E-state index contributed by atoms with van der Waals surface area (Å²) in [4.78, 5) is 1.02. The molecule has 0 radical (unpaired) electrons. The minimum Gasteiger partial charge on any atom is -0.507 e. The Morgan fingerprint density at radius 3 is 2.39 bits per heavy atom. The summed E-state index contributed by atoms with van der Waals surface area (Å²) in [5.41, 5.74) is 1.10. The molecule has 1 unspecified atom stereocenters. The molecule has 0 aliphatic carbocycles. The summed E-state index contributed by atoms with van der Waals surface area (Å²) in [5.74, 6) is 0.581. The normalized spacial score (nSPS) is 12.1. The van der Waals surface area contributed by atoms with Crippen LogP contribution in [-0.2, 0) is 10.8 Å². The molecule has 0 aliphatic heterocycles. The first-order valence-electron chi connectivity index (χ1n) is 5.47. The first-order valence-corrected chi connectivity index (χ1v) is 6.62. The molecule has 2 aromatic carbocycles. The van der Waals surface area contributed by atoms with Crippen LogP contribution in [0.25, 0.3) is 0 Å². The molecule has 0 heterocycles. The molecule has 1 atom stereocenters. The zero-order valence-corrected chi connectivity index (χ0v) is 11.0. The van der Waals surface area contributed by atoms with Gasteiger partial charge in [-0.2, -0.15) is 0 Å². The van der Waals surface area contributed by atoms with Crippen LogP contribution in [0.2, 0.25) is 0 Å². The average Bonchev–Trinajstić information content (AvgIpc) is 2.39. The van der Waals surface area contributed by atoms with Crippen LogP contribution in [0.4, 0.5) is 0 Å². The summed E-state index contributed by atoms with van der Waals surface area (Å²) in [7, 11) is 0.124. The topological polar surface area (TPSA) is 46.5 Å². The maximum absolute atomic E-state index is 12.3. The number of phenolic OH excluding ortho intramolecular Hbond substituents is 1. The van der Waals surface area contributed by atoms with Crippen molar-refractivity contribution in [2.75, 3.05) is 7.11 Å². The van der Waals surface area contributed by atoms with Crippen molar-refractivity contribution >= 4 is 10.8 Å². The van der Waals surface area contributed by atoms with E-state index in [1.807, 2.05) is 19.1 Å². The van der Waals surface area contributed by atoms with Gasteiger partial charge >= 0.3 is 0 Å². The van der Waals surface area contributed by atoms with Crippen LogP contribution in [0, 0.1) is 6.92 Å². The van der Waals surface area contributed by atoms with Crippen molar-refractivity contribution < 1.29 is 14.1 Å². The van der Waals surface area contributed by atoms with Crippen molar-refractivity contribution in [2.45, 2.75) is 16.7 Å². The molecule has 0 spiro atoms. The fraction of sp³-hybridized carbons (Fsp3) is 0.143. The van der Waals surface area contributed by atoms with E-state index < -0.39 is 10.8 Å². The Bertz CT molecular complexity index is 576. The number of phenols is 1. The molecular formula is C14H14O3S. The molecule has 94 valence electrons. The van der Waals surface area contributed by atoms with Crippen molar-refractivity contribution in [3.05, 3.63) is 48.0 Å². The lowest BCUT2D eigenvalue weighted by Crippen LogP contribution is -1.94. The second-order valence-corrected chi connectivity index (χ2v) is 5.36. The van der Waals surface area contributed by atoms with E-state index in [4.69, 9.17) is 4.74 Å². The Balaban J connectivity index is 2.42. The van der Waals surface area contributed by atoms with Crippen LogP contribution in [-0.4, -0.2) is 16.4 Å². The zero-order valence-electron chi connectivity index (χ0n) is 10.2. The zero-order chi connectivity index (χ0) is 13.1. The van der Waals surface area contributed by atoms with Gasteiger partial charge in [0.15, 0.2) is 0 Å². The number of aryl methyl sites for hydroxylation is 1. The monoisotopic (exact) mass is 262 g/mol. The number of rotatable bonds is 3. The summed E-state index contributed by atoms with van der Waals surface area (Å²) < 4.78 is 17.4. The number of aromatic hydroxyl groups is 1. The fourth-order valence-electron chi connectivity index (χ4n) is 1.56.